The lowest BCUT2D eigenvalue weighted by Crippen LogP contribution is -2.57. The molecule has 2 aromatic carbocycles. The Morgan fingerprint density at radius 1 is 1.05 bits per heavy atom. The Morgan fingerprint density at radius 2 is 1.74 bits per heavy atom. The van der Waals surface area contributed by atoms with Crippen LogP contribution in [0.3, 0.4) is 0 Å². The second-order valence-corrected chi connectivity index (χ2v) is 12.3. The number of ether oxygens (including phenoxy) is 1. The molecule has 0 saturated carbocycles. The van der Waals surface area contributed by atoms with E-state index in [1.165, 1.54) is 0 Å². The molecule has 1 N–H and O–H groups in total. The largest absolute Gasteiger partial charge is 0.396 e. The molecule has 8 nitrogen and oxygen atoms in total. The molecular formula is C34H40ClN3O5. The molecule has 228 valence electrons. The van der Waals surface area contributed by atoms with Crippen LogP contribution in [-0.2, 0) is 19.1 Å². The summed E-state index contributed by atoms with van der Waals surface area (Å²) in [5.74, 6) is -2.43. The van der Waals surface area contributed by atoms with E-state index in [1.54, 1.807) is 32.9 Å². The van der Waals surface area contributed by atoms with Crippen molar-refractivity contribution in [2.24, 2.45) is 11.8 Å². The first-order valence-corrected chi connectivity index (χ1v) is 15.3. The van der Waals surface area contributed by atoms with E-state index in [1.807, 2.05) is 56.3 Å². The highest BCUT2D eigenvalue weighted by atomic mass is 35.5. The standard InChI is InChI=1S/C34H40ClN3O5/c1-5-19-36(24-14-8-7-9-15-24)30(40)26-27-31(41)38(21-10-11-22-39)29(34(27)18-17-33(26,4)43-34)32(42)37(20-6-2)28-23(3)13-12-16-25(28)35/h5-9,12-16,26-27,29,39H,1-2,10-11,17-22H2,3-4H3/t26-,27+,29?,33+,34?/m1/s1. The van der Waals surface area contributed by atoms with Crippen molar-refractivity contribution in [3.63, 3.8) is 0 Å². The highest BCUT2D eigenvalue weighted by Crippen LogP contribution is 2.63. The summed E-state index contributed by atoms with van der Waals surface area (Å²) in [4.78, 5) is 48.6. The fourth-order valence-electron chi connectivity index (χ4n) is 7.48. The van der Waals surface area contributed by atoms with Gasteiger partial charge in [0.05, 0.1) is 28.1 Å². The molecule has 0 radical (unpaired) electrons. The zero-order valence-electron chi connectivity index (χ0n) is 24.9. The summed E-state index contributed by atoms with van der Waals surface area (Å²) >= 11 is 6.65. The lowest BCUT2D eigenvalue weighted by molar-refractivity contribution is -0.144. The number of likely N-dealkylation sites (tertiary alicyclic amines) is 1. The first-order chi connectivity index (χ1) is 20.6. The molecule has 3 saturated heterocycles. The van der Waals surface area contributed by atoms with Crippen LogP contribution in [-0.4, -0.2) is 71.2 Å². The van der Waals surface area contributed by atoms with E-state index in [4.69, 9.17) is 16.3 Å². The fourth-order valence-corrected chi connectivity index (χ4v) is 7.80. The fraction of sp³-hybridized carbons (Fsp3) is 0.441. The third-order valence-corrected chi connectivity index (χ3v) is 9.57. The quantitative estimate of drug-likeness (QED) is 0.274. The van der Waals surface area contributed by atoms with Crippen molar-refractivity contribution in [2.75, 3.05) is 36.0 Å². The van der Waals surface area contributed by atoms with Crippen molar-refractivity contribution in [1.29, 1.82) is 0 Å². The molecule has 5 atom stereocenters. The summed E-state index contributed by atoms with van der Waals surface area (Å²) in [5.41, 5.74) is -0.0350. The van der Waals surface area contributed by atoms with Gasteiger partial charge < -0.3 is 24.5 Å². The van der Waals surface area contributed by atoms with Crippen LogP contribution < -0.4 is 9.80 Å². The van der Waals surface area contributed by atoms with Crippen LogP contribution in [0.5, 0.6) is 0 Å². The molecule has 2 aromatic rings. The molecule has 43 heavy (non-hydrogen) atoms. The molecule has 0 aliphatic carbocycles. The van der Waals surface area contributed by atoms with Gasteiger partial charge in [-0.15, -0.1) is 13.2 Å². The van der Waals surface area contributed by atoms with E-state index in [0.717, 1.165) is 5.56 Å². The van der Waals surface area contributed by atoms with Gasteiger partial charge in [-0.25, -0.2) is 0 Å². The number of para-hydroxylation sites is 2. The topological polar surface area (TPSA) is 90.4 Å². The number of aryl methyl sites for hydroxylation is 1. The number of carbonyl (C=O) groups excluding carboxylic acids is 3. The van der Waals surface area contributed by atoms with Crippen LogP contribution in [0.25, 0.3) is 0 Å². The van der Waals surface area contributed by atoms with E-state index in [-0.39, 0.29) is 44.0 Å². The van der Waals surface area contributed by atoms with Crippen LogP contribution in [0.4, 0.5) is 11.4 Å². The van der Waals surface area contributed by atoms with E-state index in [0.29, 0.717) is 42.1 Å². The number of anilines is 2. The third kappa shape index (κ3) is 5.09. The number of halogens is 1. The van der Waals surface area contributed by atoms with Gasteiger partial charge in [0.1, 0.15) is 11.6 Å². The molecule has 3 aliphatic rings. The van der Waals surface area contributed by atoms with Gasteiger partial charge in [-0.05, 0) is 63.3 Å². The first kappa shape index (κ1) is 31.0. The van der Waals surface area contributed by atoms with Gasteiger partial charge in [-0.2, -0.15) is 0 Å². The zero-order chi connectivity index (χ0) is 30.9. The van der Waals surface area contributed by atoms with Gasteiger partial charge >= 0.3 is 0 Å². The minimum Gasteiger partial charge on any atom is -0.396 e. The van der Waals surface area contributed by atoms with Crippen LogP contribution >= 0.6 is 11.6 Å². The molecule has 2 bridgehead atoms. The Kier molecular flexibility index (Phi) is 8.84. The third-order valence-electron chi connectivity index (χ3n) is 9.27. The summed E-state index contributed by atoms with van der Waals surface area (Å²) in [6.07, 6.45) is 5.28. The molecule has 1 spiro atoms. The highest BCUT2D eigenvalue weighted by Gasteiger charge is 2.78. The van der Waals surface area contributed by atoms with Crippen molar-refractivity contribution >= 4 is 40.7 Å². The number of aliphatic hydroxyl groups is 1. The van der Waals surface area contributed by atoms with Gasteiger partial charge in [-0.1, -0.05) is 54.1 Å². The molecule has 3 amide bonds. The van der Waals surface area contributed by atoms with Crippen LogP contribution in [0, 0.1) is 18.8 Å². The van der Waals surface area contributed by atoms with Crippen molar-refractivity contribution in [2.45, 2.75) is 56.8 Å². The minimum atomic E-state index is -1.19. The van der Waals surface area contributed by atoms with Crippen molar-refractivity contribution in [3.8, 4) is 0 Å². The minimum absolute atomic E-state index is 0.0279. The van der Waals surface area contributed by atoms with Crippen molar-refractivity contribution in [3.05, 3.63) is 84.4 Å². The van der Waals surface area contributed by atoms with Gasteiger partial charge in [0.2, 0.25) is 11.8 Å². The maximum Gasteiger partial charge on any atom is 0.253 e. The molecule has 3 heterocycles. The first-order valence-electron chi connectivity index (χ1n) is 14.9. The number of benzene rings is 2. The molecule has 5 rings (SSSR count). The van der Waals surface area contributed by atoms with Crippen molar-refractivity contribution < 1.29 is 24.2 Å². The smallest absolute Gasteiger partial charge is 0.253 e. The maximum atomic E-state index is 14.8. The van der Waals surface area contributed by atoms with Gasteiger partial charge in [0.15, 0.2) is 0 Å². The highest BCUT2D eigenvalue weighted by molar-refractivity contribution is 6.34. The van der Waals surface area contributed by atoms with Crippen LogP contribution in [0.1, 0.15) is 38.2 Å². The van der Waals surface area contributed by atoms with E-state index in [9.17, 15) is 19.5 Å². The Labute approximate surface area is 258 Å². The van der Waals surface area contributed by atoms with Crippen LogP contribution in [0.15, 0.2) is 73.8 Å². The van der Waals surface area contributed by atoms with E-state index >= 15 is 0 Å². The molecule has 2 unspecified atom stereocenters. The Bertz CT molecular complexity index is 1400. The average Bonchev–Trinajstić information content (AvgIpc) is 3.56. The number of hydrogen-bond acceptors (Lipinski definition) is 5. The number of aliphatic hydroxyl groups excluding tert-OH is 1. The molecular weight excluding hydrogens is 566 g/mol. The SMILES string of the molecule is C=CCN(C(=O)[C@H]1[C@H]2C(=O)N(CCCCO)C(C(=O)N(CC=C)c3c(C)cccc3Cl)C23CC[C@]1(C)O3)c1ccccc1. The Morgan fingerprint density at radius 3 is 2.40 bits per heavy atom. The number of hydrogen-bond donors (Lipinski definition) is 1. The summed E-state index contributed by atoms with van der Waals surface area (Å²) in [6.45, 7) is 12.2. The van der Waals surface area contributed by atoms with Crippen LogP contribution in [0.2, 0.25) is 5.02 Å². The lowest BCUT2D eigenvalue weighted by Gasteiger charge is -2.37. The van der Waals surface area contributed by atoms with E-state index in [2.05, 4.69) is 13.2 Å². The molecule has 0 aromatic heterocycles. The predicted octanol–water partition coefficient (Wildman–Crippen LogP) is 4.92. The summed E-state index contributed by atoms with van der Waals surface area (Å²) < 4.78 is 6.84. The second-order valence-electron chi connectivity index (χ2n) is 11.9. The summed E-state index contributed by atoms with van der Waals surface area (Å²) in [6, 6.07) is 13.8. The number of unbranched alkanes of at least 4 members (excludes halogenated alkanes) is 1. The number of fused-ring (bicyclic) bond motifs is 1. The van der Waals surface area contributed by atoms with E-state index < -0.39 is 29.1 Å². The second kappa shape index (κ2) is 12.3. The number of amides is 3. The van der Waals surface area contributed by atoms with Gasteiger partial charge in [0, 0.05) is 31.9 Å². The van der Waals surface area contributed by atoms with Gasteiger partial charge in [-0.3, -0.25) is 14.4 Å². The molecule has 3 fully saturated rings. The Balaban J connectivity index is 1.60. The Hall–Kier alpha value is -3.46. The lowest BCUT2D eigenvalue weighted by atomic mass is 9.66. The van der Waals surface area contributed by atoms with Crippen molar-refractivity contribution in [1.82, 2.24) is 4.90 Å². The van der Waals surface area contributed by atoms with Gasteiger partial charge in [0.25, 0.3) is 5.91 Å². The number of nitrogens with zero attached hydrogens (tertiary/aromatic N) is 3. The summed E-state index contributed by atoms with van der Waals surface area (Å²) in [5, 5.41) is 9.91. The average molecular weight is 606 g/mol. The summed E-state index contributed by atoms with van der Waals surface area (Å²) in [7, 11) is 0. The zero-order valence-corrected chi connectivity index (χ0v) is 25.6. The number of rotatable bonds is 12. The molecule has 9 heteroatoms. The monoisotopic (exact) mass is 605 g/mol. The molecule has 3 aliphatic heterocycles. The predicted molar refractivity (Wildman–Crippen MR) is 168 cm³/mol. The normalized spacial score (nSPS) is 27.2. The maximum absolute atomic E-state index is 14.8. The number of carbonyl (C=O) groups is 3.